The van der Waals surface area contributed by atoms with Gasteiger partial charge in [0.1, 0.15) is 0 Å². The summed E-state index contributed by atoms with van der Waals surface area (Å²) in [6.45, 7) is 2.47. The average Bonchev–Trinajstić information content (AvgIpc) is 2.88. The van der Waals surface area contributed by atoms with Gasteiger partial charge < -0.3 is 10.6 Å². The van der Waals surface area contributed by atoms with Crippen molar-refractivity contribution >= 4 is 21.4 Å². The summed E-state index contributed by atoms with van der Waals surface area (Å²) >= 11 is 0. The molecule has 116 valence electrons. The molecule has 1 aliphatic carbocycles. The van der Waals surface area contributed by atoms with Crippen LogP contribution in [0.2, 0.25) is 0 Å². The van der Waals surface area contributed by atoms with Gasteiger partial charge in [-0.15, -0.1) is 0 Å². The molecule has 0 aromatic heterocycles. The molecule has 0 saturated heterocycles. The molecule has 1 aromatic rings. The van der Waals surface area contributed by atoms with Gasteiger partial charge in [0.25, 0.3) is 5.91 Å². The van der Waals surface area contributed by atoms with Crippen LogP contribution in [-0.4, -0.2) is 38.4 Å². The Hall–Kier alpha value is -1.56. The highest BCUT2D eigenvalue weighted by atomic mass is 32.2. The quantitative estimate of drug-likeness (QED) is 0.870. The van der Waals surface area contributed by atoms with Crippen LogP contribution >= 0.6 is 0 Å². The lowest BCUT2D eigenvalue weighted by Gasteiger charge is -2.20. The number of nitrogens with one attached hydrogen (secondary N) is 2. The number of sulfone groups is 1. The third-order valence-corrected chi connectivity index (χ3v) is 5.50. The fraction of sp³-hybridized carbons (Fsp3) is 0.533. The lowest BCUT2D eigenvalue weighted by Crippen LogP contribution is -2.34. The van der Waals surface area contributed by atoms with Crippen molar-refractivity contribution in [3.63, 3.8) is 0 Å². The van der Waals surface area contributed by atoms with E-state index in [2.05, 4.69) is 10.6 Å². The number of anilines is 1. The van der Waals surface area contributed by atoms with Crippen LogP contribution in [0, 0.1) is 0 Å². The van der Waals surface area contributed by atoms with E-state index >= 15 is 0 Å². The van der Waals surface area contributed by atoms with Crippen molar-refractivity contribution in [2.45, 2.75) is 37.5 Å². The van der Waals surface area contributed by atoms with Crippen LogP contribution in [0.25, 0.3) is 0 Å². The number of hydrogen-bond acceptors (Lipinski definition) is 4. The van der Waals surface area contributed by atoms with Crippen LogP contribution in [0.3, 0.4) is 0 Å². The van der Waals surface area contributed by atoms with Crippen LogP contribution in [0.1, 0.15) is 36.5 Å². The molecule has 1 aliphatic rings. The fourth-order valence-corrected chi connectivity index (χ4v) is 4.19. The molecule has 0 aliphatic heterocycles. The third-order valence-electron chi connectivity index (χ3n) is 3.84. The first-order valence-electron chi connectivity index (χ1n) is 7.25. The second-order valence-electron chi connectivity index (χ2n) is 5.49. The Balaban J connectivity index is 2.05. The van der Waals surface area contributed by atoms with Crippen LogP contribution in [0.15, 0.2) is 24.3 Å². The molecule has 1 aromatic carbocycles. The summed E-state index contributed by atoms with van der Waals surface area (Å²) in [6.07, 6.45) is 3.80. The molecular formula is C15H22N2O3S. The van der Waals surface area contributed by atoms with Crippen LogP contribution < -0.4 is 10.6 Å². The third kappa shape index (κ3) is 3.97. The molecule has 1 saturated carbocycles. The van der Waals surface area contributed by atoms with Gasteiger partial charge in [-0.1, -0.05) is 0 Å². The minimum absolute atomic E-state index is 0.0460. The van der Waals surface area contributed by atoms with Crippen molar-refractivity contribution in [2.75, 3.05) is 18.1 Å². The molecule has 0 bridgehead atoms. The predicted molar refractivity (Wildman–Crippen MR) is 84.3 cm³/mol. The summed E-state index contributed by atoms with van der Waals surface area (Å²) in [6, 6.07) is 7.09. The van der Waals surface area contributed by atoms with Crippen LogP contribution in [-0.2, 0) is 9.84 Å². The second kappa shape index (κ2) is 6.47. The summed E-state index contributed by atoms with van der Waals surface area (Å²) < 4.78 is 23.5. The Morgan fingerprint density at radius 3 is 2.48 bits per heavy atom. The van der Waals surface area contributed by atoms with Crippen molar-refractivity contribution < 1.29 is 13.2 Å². The number of amides is 1. The van der Waals surface area contributed by atoms with Gasteiger partial charge in [0.2, 0.25) is 0 Å². The van der Waals surface area contributed by atoms with Gasteiger partial charge in [0.05, 0.1) is 5.25 Å². The Morgan fingerprint density at radius 1 is 1.24 bits per heavy atom. The van der Waals surface area contributed by atoms with E-state index in [1.54, 1.807) is 12.1 Å². The highest BCUT2D eigenvalue weighted by molar-refractivity contribution is 7.91. The number of hydrogen-bond donors (Lipinski definition) is 2. The Kier molecular flexibility index (Phi) is 4.88. The lowest BCUT2D eigenvalue weighted by molar-refractivity contribution is 0.0956. The second-order valence-corrected chi connectivity index (χ2v) is 7.75. The highest BCUT2D eigenvalue weighted by Gasteiger charge is 2.34. The maximum absolute atomic E-state index is 11.8. The molecule has 0 spiro atoms. The van der Waals surface area contributed by atoms with E-state index in [0.29, 0.717) is 18.5 Å². The standard InChI is InChI=1S/C15H22N2O3S/c1-3-16-15(18)11-7-9-12(10-8-11)17-13-5-4-6-14(13)21(2,19)20/h7-10,13-14,17H,3-6H2,1-2H3,(H,16,18). The molecule has 2 atom stereocenters. The van der Waals surface area contributed by atoms with Crippen molar-refractivity contribution in [3.05, 3.63) is 29.8 Å². The van der Waals surface area contributed by atoms with Gasteiger partial charge >= 0.3 is 0 Å². The van der Waals surface area contributed by atoms with E-state index in [9.17, 15) is 13.2 Å². The highest BCUT2D eigenvalue weighted by Crippen LogP contribution is 2.28. The van der Waals surface area contributed by atoms with Gasteiger partial charge in [-0.25, -0.2) is 8.42 Å². The number of benzene rings is 1. The molecule has 1 amide bonds. The zero-order valence-corrected chi connectivity index (χ0v) is 13.2. The van der Waals surface area contributed by atoms with Gasteiger partial charge in [0.15, 0.2) is 9.84 Å². The van der Waals surface area contributed by atoms with E-state index < -0.39 is 9.84 Å². The normalized spacial score (nSPS) is 22.0. The van der Waals surface area contributed by atoms with Crippen molar-refractivity contribution in [1.29, 1.82) is 0 Å². The smallest absolute Gasteiger partial charge is 0.251 e. The first-order valence-corrected chi connectivity index (χ1v) is 9.21. The molecule has 0 radical (unpaired) electrons. The molecule has 2 unspecified atom stereocenters. The summed E-state index contributed by atoms with van der Waals surface area (Å²) in [5, 5.41) is 5.71. The number of rotatable bonds is 5. The van der Waals surface area contributed by atoms with E-state index in [-0.39, 0.29) is 17.2 Å². The van der Waals surface area contributed by atoms with Gasteiger partial charge in [0, 0.05) is 30.1 Å². The zero-order chi connectivity index (χ0) is 15.5. The largest absolute Gasteiger partial charge is 0.381 e. The van der Waals surface area contributed by atoms with E-state index in [1.807, 2.05) is 19.1 Å². The molecule has 2 rings (SSSR count). The first-order chi connectivity index (χ1) is 9.91. The minimum Gasteiger partial charge on any atom is -0.381 e. The number of carbonyl (C=O) groups excluding carboxylic acids is 1. The summed E-state index contributed by atoms with van der Waals surface area (Å²) in [4.78, 5) is 11.7. The summed E-state index contributed by atoms with van der Waals surface area (Å²) in [5.74, 6) is -0.0982. The molecule has 21 heavy (non-hydrogen) atoms. The molecule has 5 nitrogen and oxygen atoms in total. The Morgan fingerprint density at radius 2 is 1.90 bits per heavy atom. The van der Waals surface area contributed by atoms with Crippen molar-refractivity contribution in [3.8, 4) is 0 Å². The Bertz CT molecular complexity index is 596. The molecule has 6 heteroatoms. The summed E-state index contributed by atoms with van der Waals surface area (Å²) in [5.41, 5.74) is 1.46. The van der Waals surface area contributed by atoms with E-state index in [4.69, 9.17) is 0 Å². The topological polar surface area (TPSA) is 75.3 Å². The zero-order valence-electron chi connectivity index (χ0n) is 12.4. The fourth-order valence-electron chi connectivity index (χ4n) is 2.80. The maximum atomic E-state index is 11.8. The average molecular weight is 310 g/mol. The summed E-state index contributed by atoms with van der Waals surface area (Å²) in [7, 11) is -3.03. The Labute approximate surface area is 126 Å². The van der Waals surface area contributed by atoms with E-state index in [1.165, 1.54) is 6.26 Å². The minimum atomic E-state index is -3.03. The molecule has 1 fully saturated rings. The lowest BCUT2D eigenvalue weighted by atomic mass is 10.1. The van der Waals surface area contributed by atoms with Gasteiger partial charge in [-0.2, -0.15) is 0 Å². The van der Waals surface area contributed by atoms with Crippen molar-refractivity contribution in [1.82, 2.24) is 5.32 Å². The van der Waals surface area contributed by atoms with Crippen LogP contribution in [0.4, 0.5) is 5.69 Å². The van der Waals surface area contributed by atoms with E-state index in [0.717, 1.165) is 18.5 Å². The molecule has 2 N–H and O–H groups in total. The van der Waals surface area contributed by atoms with Gasteiger partial charge in [-0.05, 0) is 50.5 Å². The van der Waals surface area contributed by atoms with Gasteiger partial charge in [-0.3, -0.25) is 4.79 Å². The SMILES string of the molecule is CCNC(=O)c1ccc(NC2CCCC2S(C)(=O)=O)cc1. The first kappa shape index (κ1) is 15.8. The monoisotopic (exact) mass is 310 g/mol. The molecular weight excluding hydrogens is 288 g/mol. The maximum Gasteiger partial charge on any atom is 0.251 e. The molecule has 0 heterocycles. The number of carbonyl (C=O) groups is 1. The van der Waals surface area contributed by atoms with Crippen molar-refractivity contribution in [2.24, 2.45) is 0 Å². The predicted octanol–water partition coefficient (Wildman–Crippen LogP) is 1.81. The van der Waals surface area contributed by atoms with Crippen LogP contribution in [0.5, 0.6) is 0 Å².